The van der Waals surface area contributed by atoms with E-state index in [1.165, 1.54) is 5.56 Å². The third-order valence-electron chi connectivity index (χ3n) is 2.30. The average Bonchev–Trinajstić information content (AvgIpc) is 2.66. The molecule has 1 aromatic carbocycles. The fourth-order valence-electron chi connectivity index (χ4n) is 1.44. The fourth-order valence-corrected chi connectivity index (χ4v) is 2.13. The van der Waals surface area contributed by atoms with Gasteiger partial charge in [0.1, 0.15) is 0 Å². The number of halogens is 1. The Hall–Kier alpha value is -1.13. The van der Waals surface area contributed by atoms with Gasteiger partial charge in [0, 0.05) is 10.0 Å². The molecule has 84 valence electrons. The van der Waals surface area contributed by atoms with Gasteiger partial charge < -0.3 is 10.2 Å². The van der Waals surface area contributed by atoms with Gasteiger partial charge in [0.05, 0.1) is 12.2 Å². The maximum Gasteiger partial charge on any atom is 0.211 e. The van der Waals surface area contributed by atoms with Crippen LogP contribution in [0.1, 0.15) is 24.4 Å². The molecule has 0 aliphatic heterocycles. The van der Waals surface area contributed by atoms with Crippen molar-refractivity contribution < 1.29 is 4.42 Å². The van der Waals surface area contributed by atoms with Gasteiger partial charge in [-0.15, -0.1) is 0 Å². The number of nitrogens with two attached hydrogens (primary N) is 1. The first kappa shape index (κ1) is 11.4. The van der Waals surface area contributed by atoms with E-state index < -0.39 is 0 Å². The first-order chi connectivity index (χ1) is 7.58. The van der Waals surface area contributed by atoms with Crippen LogP contribution in [-0.2, 0) is 0 Å². The summed E-state index contributed by atoms with van der Waals surface area (Å²) >= 11 is 3.51. The number of benzene rings is 1. The van der Waals surface area contributed by atoms with E-state index in [9.17, 15) is 0 Å². The molecule has 0 radical (unpaired) electrons. The topological polar surface area (TPSA) is 52.0 Å². The van der Waals surface area contributed by atoms with Crippen LogP contribution in [0.5, 0.6) is 0 Å². The molecular weight excluding hydrogens is 268 g/mol. The maximum atomic E-state index is 5.70. The third kappa shape index (κ3) is 2.18. The zero-order chi connectivity index (χ0) is 11.7. The van der Waals surface area contributed by atoms with Crippen molar-refractivity contribution in [2.75, 3.05) is 0 Å². The number of aryl methyl sites for hydroxylation is 1. The average molecular weight is 281 g/mol. The van der Waals surface area contributed by atoms with E-state index in [1.807, 2.05) is 32.0 Å². The SMILES string of the molecule is Cc1ccc(-c2cnc(C(C)N)o2)c(Br)c1. The Balaban J connectivity index is 2.42. The summed E-state index contributed by atoms with van der Waals surface area (Å²) in [6.45, 7) is 3.89. The zero-order valence-electron chi connectivity index (χ0n) is 9.20. The van der Waals surface area contributed by atoms with E-state index in [0.29, 0.717) is 5.89 Å². The summed E-state index contributed by atoms with van der Waals surface area (Å²) in [5, 5.41) is 0. The van der Waals surface area contributed by atoms with Gasteiger partial charge in [-0.2, -0.15) is 0 Å². The van der Waals surface area contributed by atoms with Crippen LogP contribution in [0.4, 0.5) is 0 Å². The second-order valence-electron chi connectivity index (χ2n) is 3.83. The Morgan fingerprint density at radius 1 is 1.44 bits per heavy atom. The predicted octanol–water partition coefficient (Wildman–Crippen LogP) is 3.43. The summed E-state index contributed by atoms with van der Waals surface area (Å²) in [7, 11) is 0. The van der Waals surface area contributed by atoms with Gasteiger partial charge in [-0.3, -0.25) is 0 Å². The molecule has 1 heterocycles. The van der Waals surface area contributed by atoms with Gasteiger partial charge in [-0.05, 0) is 31.5 Å². The van der Waals surface area contributed by atoms with Gasteiger partial charge in [0.2, 0.25) is 5.89 Å². The van der Waals surface area contributed by atoms with Crippen LogP contribution in [-0.4, -0.2) is 4.98 Å². The quantitative estimate of drug-likeness (QED) is 0.917. The summed E-state index contributed by atoms with van der Waals surface area (Å²) in [6, 6.07) is 5.90. The minimum Gasteiger partial charge on any atom is -0.439 e. The molecule has 2 N–H and O–H groups in total. The molecule has 0 saturated carbocycles. The Labute approximate surface area is 103 Å². The molecule has 4 heteroatoms. The Bertz CT molecular complexity index is 505. The smallest absolute Gasteiger partial charge is 0.211 e. The molecule has 0 aliphatic rings. The number of aromatic nitrogens is 1. The van der Waals surface area contributed by atoms with E-state index in [2.05, 4.69) is 20.9 Å². The van der Waals surface area contributed by atoms with E-state index in [-0.39, 0.29) is 6.04 Å². The van der Waals surface area contributed by atoms with Crippen molar-refractivity contribution in [3.05, 3.63) is 40.3 Å². The van der Waals surface area contributed by atoms with Crippen LogP contribution >= 0.6 is 15.9 Å². The molecule has 2 rings (SSSR count). The highest BCUT2D eigenvalue weighted by Crippen LogP contribution is 2.30. The Morgan fingerprint density at radius 3 is 2.75 bits per heavy atom. The van der Waals surface area contributed by atoms with Crippen molar-refractivity contribution in [1.29, 1.82) is 0 Å². The van der Waals surface area contributed by atoms with E-state index in [4.69, 9.17) is 10.2 Å². The summed E-state index contributed by atoms with van der Waals surface area (Å²) < 4.78 is 6.59. The highest BCUT2D eigenvalue weighted by molar-refractivity contribution is 9.10. The van der Waals surface area contributed by atoms with Crippen LogP contribution in [0.2, 0.25) is 0 Å². The maximum absolute atomic E-state index is 5.70. The monoisotopic (exact) mass is 280 g/mol. The molecular formula is C12H13BrN2O. The summed E-state index contributed by atoms with van der Waals surface area (Å²) in [5.74, 6) is 1.29. The van der Waals surface area contributed by atoms with Gasteiger partial charge in [-0.1, -0.05) is 22.0 Å². The number of hydrogen-bond donors (Lipinski definition) is 1. The molecule has 16 heavy (non-hydrogen) atoms. The number of hydrogen-bond acceptors (Lipinski definition) is 3. The third-order valence-corrected chi connectivity index (χ3v) is 2.96. The van der Waals surface area contributed by atoms with Crippen LogP contribution in [0.3, 0.4) is 0 Å². The lowest BCUT2D eigenvalue weighted by atomic mass is 10.1. The van der Waals surface area contributed by atoms with Crippen LogP contribution in [0, 0.1) is 6.92 Å². The highest BCUT2D eigenvalue weighted by Gasteiger charge is 2.11. The van der Waals surface area contributed by atoms with Crippen molar-refractivity contribution in [1.82, 2.24) is 4.98 Å². The molecule has 1 atom stereocenters. The molecule has 1 unspecified atom stereocenters. The Morgan fingerprint density at radius 2 is 2.19 bits per heavy atom. The standard InChI is InChI=1S/C12H13BrN2O/c1-7-3-4-9(10(13)5-7)11-6-15-12(16-11)8(2)14/h3-6,8H,14H2,1-2H3. The molecule has 0 aliphatic carbocycles. The summed E-state index contributed by atoms with van der Waals surface area (Å²) in [6.07, 6.45) is 1.70. The van der Waals surface area contributed by atoms with Crippen molar-refractivity contribution in [2.45, 2.75) is 19.9 Å². The lowest BCUT2D eigenvalue weighted by molar-refractivity contribution is 0.473. The molecule has 0 bridgehead atoms. The lowest BCUT2D eigenvalue weighted by Crippen LogP contribution is -2.04. The second kappa shape index (κ2) is 4.39. The van der Waals surface area contributed by atoms with Crippen molar-refractivity contribution in [3.8, 4) is 11.3 Å². The van der Waals surface area contributed by atoms with Gasteiger partial charge in [0.15, 0.2) is 5.76 Å². The van der Waals surface area contributed by atoms with Crippen LogP contribution in [0.25, 0.3) is 11.3 Å². The van der Waals surface area contributed by atoms with Gasteiger partial charge in [-0.25, -0.2) is 4.98 Å². The summed E-state index contributed by atoms with van der Waals surface area (Å²) in [4.78, 5) is 4.14. The largest absolute Gasteiger partial charge is 0.439 e. The lowest BCUT2D eigenvalue weighted by Gasteiger charge is -2.02. The molecule has 3 nitrogen and oxygen atoms in total. The normalized spacial score (nSPS) is 12.8. The van der Waals surface area contributed by atoms with Crippen LogP contribution in [0.15, 0.2) is 33.3 Å². The first-order valence-electron chi connectivity index (χ1n) is 5.06. The van der Waals surface area contributed by atoms with Crippen molar-refractivity contribution >= 4 is 15.9 Å². The van der Waals surface area contributed by atoms with E-state index in [1.54, 1.807) is 6.20 Å². The minimum absolute atomic E-state index is 0.182. The van der Waals surface area contributed by atoms with Gasteiger partial charge >= 0.3 is 0 Å². The molecule has 0 spiro atoms. The predicted molar refractivity (Wildman–Crippen MR) is 67.0 cm³/mol. The van der Waals surface area contributed by atoms with Crippen molar-refractivity contribution in [2.24, 2.45) is 5.73 Å². The minimum atomic E-state index is -0.182. The van der Waals surface area contributed by atoms with E-state index in [0.717, 1.165) is 15.8 Å². The Kier molecular flexibility index (Phi) is 3.12. The van der Waals surface area contributed by atoms with Crippen LogP contribution < -0.4 is 5.73 Å². The molecule has 0 fully saturated rings. The number of rotatable bonds is 2. The molecule has 0 saturated heterocycles. The molecule has 2 aromatic rings. The van der Waals surface area contributed by atoms with Crippen molar-refractivity contribution in [3.63, 3.8) is 0 Å². The fraction of sp³-hybridized carbons (Fsp3) is 0.250. The highest BCUT2D eigenvalue weighted by atomic mass is 79.9. The second-order valence-corrected chi connectivity index (χ2v) is 4.69. The number of nitrogens with zero attached hydrogens (tertiary/aromatic N) is 1. The summed E-state index contributed by atoms with van der Waals surface area (Å²) in [5.41, 5.74) is 7.89. The number of oxazole rings is 1. The zero-order valence-corrected chi connectivity index (χ0v) is 10.8. The van der Waals surface area contributed by atoms with Gasteiger partial charge in [0.25, 0.3) is 0 Å². The molecule has 1 aromatic heterocycles. The first-order valence-corrected chi connectivity index (χ1v) is 5.85. The van der Waals surface area contributed by atoms with E-state index >= 15 is 0 Å². The molecule has 0 amide bonds.